The van der Waals surface area contributed by atoms with Crippen LogP contribution in [0.5, 0.6) is 0 Å². The summed E-state index contributed by atoms with van der Waals surface area (Å²) >= 11 is 5.76. The molecule has 0 aliphatic rings. The highest BCUT2D eigenvalue weighted by atomic mass is 35.5. The van der Waals surface area contributed by atoms with Crippen LogP contribution < -0.4 is 0 Å². The van der Waals surface area contributed by atoms with E-state index in [1.54, 1.807) is 6.92 Å². The summed E-state index contributed by atoms with van der Waals surface area (Å²) in [6.07, 6.45) is 1.89. The number of benzene rings is 1. The summed E-state index contributed by atoms with van der Waals surface area (Å²) in [4.78, 5) is 10.1. The Morgan fingerprint density at radius 2 is 2.33 bits per heavy atom. The molecule has 0 atom stereocenters. The molecule has 0 saturated heterocycles. The average molecular weight is 230 g/mol. The summed E-state index contributed by atoms with van der Waals surface area (Å²) in [5.74, 6) is -0.543. The predicted octanol–water partition coefficient (Wildman–Crippen LogP) is 3.51. The summed E-state index contributed by atoms with van der Waals surface area (Å²) in [5.41, 5.74) is -0.0504. The molecule has 0 amide bonds. The van der Waals surface area contributed by atoms with E-state index in [1.165, 1.54) is 12.1 Å². The van der Waals surface area contributed by atoms with Crippen molar-refractivity contribution in [1.82, 2.24) is 0 Å². The molecule has 0 radical (unpaired) electrons. The Balaban J connectivity index is 3.28. The predicted molar refractivity (Wildman–Crippen MR) is 56.7 cm³/mol. The molecule has 0 spiro atoms. The molecular formula is C10H9ClFNO2. The number of hydrogen-bond donors (Lipinski definition) is 0. The van der Waals surface area contributed by atoms with Gasteiger partial charge in [-0.05, 0) is 30.7 Å². The van der Waals surface area contributed by atoms with E-state index < -0.39 is 10.7 Å². The highest BCUT2D eigenvalue weighted by molar-refractivity contribution is 6.32. The lowest BCUT2D eigenvalue weighted by Crippen LogP contribution is -1.99. The molecule has 0 saturated carbocycles. The first-order valence-corrected chi connectivity index (χ1v) is 4.74. The third kappa shape index (κ3) is 2.76. The summed E-state index contributed by atoms with van der Waals surface area (Å²) in [5, 5.41) is 10.9. The van der Waals surface area contributed by atoms with Crippen molar-refractivity contribution in [3.05, 3.63) is 50.8 Å². The Bertz CT molecular complexity index is 418. The molecule has 80 valence electrons. The molecule has 0 aliphatic carbocycles. The molecule has 1 aromatic carbocycles. The van der Waals surface area contributed by atoms with E-state index in [1.807, 2.05) is 0 Å². The van der Waals surface area contributed by atoms with Crippen LogP contribution in [0.3, 0.4) is 0 Å². The van der Waals surface area contributed by atoms with Crippen LogP contribution in [0.1, 0.15) is 18.9 Å². The molecular weight excluding hydrogens is 221 g/mol. The first-order valence-electron chi connectivity index (χ1n) is 4.36. The molecule has 1 aromatic rings. The minimum atomic E-state index is -0.565. The van der Waals surface area contributed by atoms with Gasteiger partial charge < -0.3 is 0 Å². The van der Waals surface area contributed by atoms with E-state index in [0.717, 1.165) is 12.1 Å². The maximum atomic E-state index is 12.9. The smallest absolute Gasteiger partial charge is 0.258 e. The van der Waals surface area contributed by atoms with Crippen LogP contribution in [0.15, 0.2) is 24.3 Å². The zero-order valence-electron chi connectivity index (χ0n) is 8.04. The minimum absolute atomic E-state index is 0.114. The molecule has 0 aliphatic heterocycles. The molecule has 1 rings (SSSR count). The highest BCUT2D eigenvalue weighted by Crippen LogP contribution is 2.25. The zero-order valence-corrected chi connectivity index (χ0v) is 8.79. The Labute approximate surface area is 91.3 Å². The van der Waals surface area contributed by atoms with Crippen LogP contribution in [0.2, 0.25) is 5.02 Å². The fourth-order valence-corrected chi connectivity index (χ4v) is 1.38. The van der Waals surface area contributed by atoms with E-state index in [0.29, 0.717) is 6.42 Å². The summed E-state index contributed by atoms with van der Waals surface area (Å²) in [6, 6.07) is 3.53. The SMILES string of the molecule is CC/C=C(\c1cc(F)ccc1Cl)[N+](=O)[O-]. The topological polar surface area (TPSA) is 43.1 Å². The third-order valence-electron chi connectivity index (χ3n) is 1.80. The summed E-state index contributed by atoms with van der Waals surface area (Å²) < 4.78 is 12.9. The Morgan fingerprint density at radius 1 is 1.67 bits per heavy atom. The number of hydrogen-bond acceptors (Lipinski definition) is 2. The Morgan fingerprint density at radius 3 is 2.87 bits per heavy atom. The van der Waals surface area contributed by atoms with Crippen molar-refractivity contribution in [1.29, 1.82) is 0 Å². The van der Waals surface area contributed by atoms with Crippen molar-refractivity contribution in [3.63, 3.8) is 0 Å². The van der Waals surface area contributed by atoms with Gasteiger partial charge in [-0.2, -0.15) is 0 Å². The van der Waals surface area contributed by atoms with Crippen LogP contribution in [0, 0.1) is 15.9 Å². The lowest BCUT2D eigenvalue weighted by molar-refractivity contribution is -0.375. The van der Waals surface area contributed by atoms with Gasteiger partial charge in [0.05, 0.1) is 15.5 Å². The summed E-state index contributed by atoms with van der Waals surface area (Å²) in [7, 11) is 0. The van der Waals surface area contributed by atoms with Crippen LogP contribution in [-0.2, 0) is 0 Å². The zero-order chi connectivity index (χ0) is 11.4. The van der Waals surface area contributed by atoms with Crippen LogP contribution >= 0.6 is 11.6 Å². The molecule has 0 heterocycles. The first-order chi connectivity index (χ1) is 7.06. The van der Waals surface area contributed by atoms with Gasteiger partial charge in [-0.1, -0.05) is 18.5 Å². The van der Waals surface area contributed by atoms with Crippen molar-refractivity contribution in [3.8, 4) is 0 Å². The van der Waals surface area contributed by atoms with E-state index in [4.69, 9.17) is 11.6 Å². The monoisotopic (exact) mass is 229 g/mol. The number of halogens is 2. The summed E-state index contributed by atoms with van der Waals surface area (Å²) in [6.45, 7) is 1.76. The van der Waals surface area contributed by atoms with Crippen molar-refractivity contribution in [2.45, 2.75) is 13.3 Å². The van der Waals surface area contributed by atoms with Gasteiger partial charge in [-0.25, -0.2) is 4.39 Å². The second-order valence-corrected chi connectivity index (χ2v) is 3.29. The van der Waals surface area contributed by atoms with Crippen molar-refractivity contribution in [2.24, 2.45) is 0 Å². The van der Waals surface area contributed by atoms with Gasteiger partial charge in [0.15, 0.2) is 0 Å². The molecule has 0 unspecified atom stereocenters. The molecule has 15 heavy (non-hydrogen) atoms. The number of allylic oxidation sites excluding steroid dienone is 1. The third-order valence-corrected chi connectivity index (χ3v) is 2.13. The van der Waals surface area contributed by atoms with Gasteiger partial charge in [0.25, 0.3) is 5.70 Å². The minimum Gasteiger partial charge on any atom is -0.258 e. The molecule has 0 N–H and O–H groups in total. The number of nitro groups is 1. The maximum Gasteiger partial charge on any atom is 0.274 e. The number of nitrogens with zero attached hydrogens (tertiary/aromatic N) is 1. The molecule has 0 fully saturated rings. The largest absolute Gasteiger partial charge is 0.274 e. The molecule has 0 bridgehead atoms. The molecule has 5 heteroatoms. The second kappa shape index (κ2) is 4.89. The van der Waals surface area contributed by atoms with E-state index in [9.17, 15) is 14.5 Å². The van der Waals surface area contributed by atoms with Crippen LogP contribution in [-0.4, -0.2) is 4.92 Å². The van der Waals surface area contributed by atoms with Crippen molar-refractivity contribution >= 4 is 17.3 Å². The molecule has 0 aromatic heterocycles. The maximum absolute atomic E-state index is 12.9. The van der Waals surface area contributed by atoms with Gasteiger partial charge in [0, 0.05) is 0 Å². The Kier molecular flexibility index (Phi) is 3.80. The average Bonchev–Trinajstić information content (AvgIpc) is 2.18. The second-order valence-electron chi connectivity index (χ2n) is 2.88. The van der Waals surface area contributed by atoms with Gasteiger partial charge in [0.2, 0.25) is 0 Å². The van der Waals surface area contributed by atoms with E-state index in [-0.39, 0.29) is 16.3 Å². The van der Waals surface area contributed by atoms with E-state index >= 15 is 0 Å². The lowest BCUT2D eigenvalue weighted by atomic mass is 10.1. The van der Waals surface area contributed by atoms with Crippen molar-refractivity contribution < 1.29 is 9.31 Å². The van der Waals surface area contributed by atoms with E-state index in [2.05, 4.69) is 0 Å². The van der Waals surface area contributed by atoms with Gasteiger partial charge in [0.1, 0.15) is 5.82 Å². The normalized spacial score (nSPS) is 11.5. The number of rotatable bonds is 3. The van der Waals surface area contributed by atoms with Crippen LogP contribution in [0.4, 0.5) is 4.39 Å². The van der Waals surface area contributed by atoms with Gasteiger partial charge in [-0.15, -0.1) is 0 Å². The van der Waals surface area contributed by atoms with Crippen molar-refractivity contribution in [2.75, 3.05) is 0 Å². The highest BCUT2D eigenvalue weighted by Gasteiger charge is 2.17. The quantitative estimate of drug-likeness (QED) is 0.588. The first kappa shape index (κ1) is 11.7. The van der Waals surface area contributed by atoms with Gasteiger partial charge >= 0.3 is 0 Å². The van der Waals surface area contributed by atoms with Gasteiger partial charge in [-0.3, -0.25) is 10.1 Å². The molecule has 3 nitrogen and oxygen atoms in total. The fraction of sp³-hybridized carbons (Fsp3) is 0.200. The fourth-order valence-electron chi connectivity index (χ4n) is 1.17. The standard InChI is InChI=1S/C10H9ClFNO2/c1-2-3-10(13(14)15)8-6-7(12)4-5-9(8)11/h3-6H,2H2,1H3/b10-3+. The Hall–Kier alpha value is -1.42. The lowest BCUT2D eigenvalue weighted by Gasteiger charge is -2.01. The van der Waals surface area contributed by atoms with Crippen LogP contribution in [0.25, 0.3) is 5.70 Å².